The molecule has 2 heterocycles. The smallest absolute Gasteiger partial charge is 0.246 e. The van der Waals surface area contributed by atoms with E-state index in [0.717, 1.165) is 29.7 Å². The van der Waals surface area contributed by atoms with Gasteiger partial charge in [0.2, 0.25) is 11.8 Å². The molecule has 2 N–H and O–H groups in total. The standard InChI is InChI=1S/C23H25N5O2S/c1-16-8-10-18(11-9-16)22-25-26-23(31)28(22)14-12-20(29)24-15-21(30)27-13-4-6-17-5-2-3-7-19(17)27/h2-3,5,7-11H,4,6,12-15H2,1H3,(H,24,29)(H,26,31). The molecule has 7 nitrogen and oxygen atoms in total. The van der Waals surface area contributed by atoms with Crippen LogP contribution in [0.1, 0.15) is 24.0 Å². The number of fused-ring (bicyclic) bond motifs is 1. The van der Waals surface area contributed by atoms with Crippen LogP contribution in [-0.2, 0) is 22.6 Å². The Kier molecular flexibility index (Phi) is 6.27. The van der Waals surface area contributed by atoms with Gasteiger partial charge in [0, 0.05) is 30.8 Å². The number of carbonyl (C=O) groups is 2. The Balaban J connectivity index is 1.35. The second-order valence-electron chi connectivity index (χ2n) is 7.67. The van der Waals surface area contributed by atoms with E-state index in [1.165, 1.54) is 5.56 Å². The van der Waals surface area contributed by atoms with Gasteiger partial charge in [-0.3, -0.25) is 19.3 Å². The van der Waals surface area contributed by atoms with Crippen molar-refractivity contribution in [3.63, 3.8) is 0 Å². The predicted octanol–water partition coefficient (Wildman–Crippen LogP) is 3.40. The minimum Gasteiger partial charge on any atom is -0.347 e. The van der Waals surface area contributed by atoms with Crippen molar-refractivity contribution in [2.45, 2.75) is 32.7 Å². The molecule has 0 radical (unpaired) electrons. The molecule has 2 amide bonds. The molecule has 1 aliphatic rings. The topological polar surface area (TPSA) is 83.0 Å². The zero-order chi connectivity index (χ0) is 21.8. The quantitative estimate of drug-likeness (QED) is 0.582. The summed E-state index contributed by atoms with van der Waals surface area (Å²) in [5.41, 5.74) is 4.20. The number of para-hydroxylation sites is 1. The Morgan fingerprint density at radius 2 is 1.94 bits per heavy atom. The third-order valence-corrected chi connectivity index (χ3v) is 5.79. The fraction of sp³-hybridized carbons (Fsp3) is 0.304. The first-order valence-corrected chi connectivity index (χ1v) is 10.8. The summed E-state index contributed by atoms with van der Waals surface area (Å²) in [6.07, 6.45) is 2.11. The van der Waals surface area contributed by atoms with Gasteiger partial charge in [0.1, 0.15) is 0 Å². The minimum atomic E-state index is -0.198. The zero-order valence-electron chi connectivity index (χ0n) is 17.4. The number of aromatic nitrogens is 3. The fourth-order valence-electron chi connectivity index (χ4n) is 3.81. The first kappa shape index (κ1) is 21.0. The number of H-pyrrole nitrogens is 1. The number of amides is 2. The largest absolute Gasteiger partial charge is 0.347 e. The maximum absolute atomic E-state index is 12.7. The molecule has 0 saturated carbocycles. The third kappa shape index (κ3) is 4.74. The molecular formula is C23H25N5O2S. The lowest BCUT2D eigenvalue weighted by Crippen LogP contribution is -2.42. The molecule has 0 aliphatic carbocycles. The Labute approximate surface area is 186 Å². The average Bonchev–Trinajstić information content (AvgIpc) is 3.16. The van der Waals surface area contributed by atoms with Gasteiger partial charge in [-0.25, -0.2) is 0 Å². The van der Waals surface area contributed by atoms with Crippen molar-refractivity contribution < 1.29 is 9.59 Å². The van der Waals surface area contributed by atoms with Crippen molar-refractivity contribution in [3.05, 3.63) is 64.4 Å². The van der Waals surface area contributed by atoms with E-state index in [1.807, 2.05) is 60.0 Å². The van der Waals surface area contributed by atoms with Crippen LogP contribution in [0.3, 0.4) is 0 Å². The van der Waals surface area contributed by atoms with Crippen LogP contribution >= 0.6 is 12.2 Å². The Morgan fingerprint density at radius 3 is 2.74 bits per heavy atom. The van der Waals surface area contributed by atoms with Crippen LogP contribution < -0.4 is 10.2 Å². The molecule has 0 atom stereocenters. The summed E-state index contributed by atoms with van der Waals surface area (Å²) < 4.78 is 2.27. The van der Waals surface area contributed by atoms with Crippen LogP contribution in [0.25, 0.3) is 11.4 Å². The van der Waals surface area contributed by atoms with Crippen LogP contribution in [0.2, 0.25) is 0 Å². The number of carbonyl (C=O) groups excluding carboxylic acids is 2. The van der Waals surface area contributed by atoms with Crippen LogP contribution in [-0.4, -0.2) is 39.7 Å². The van der Waals surface area contributed by atoms with Gasteiger partial charge >= 0.3 is 0 Å². The Bertz CT molecular complexity index is 1150. The van der Waals surface area contributed by atoms with E-state index in [0.29, 0.717) is 23.7 Å². The SMILES string of the molecule is Cc1ccc(-c2n[nH]c(=S)n2CCC(=O)NCC(=O)N2CCCc3ccccc32)cc1. The van der Waals surface area contributed by atoms with E-state index >= 15 is 0 Å². The molecule has 4 rings (SSSR count). The Hall–Kier alpha value is -3.26. The third-order valence-electron chi connectivity index (χ3n) is 5.48. The molecule has 0 bridgehead atoms. The normalized spacial score (nSPS) is 13.0. The van der Waals surface area contributed by atoms with E-state index in [9.17, 15) is 9.59 Å². The molecule has 8 heteroatoms. The molecule has 3 aromatic rings. The van der Waals surface area contributed by atoms with E-state index < -0.39 is 0 Å². The number of benzene rings is 2. The summed E-state index contributed by atoms with van der Waals surface area (Å²) in [5, 5.41) is 9.85. The number of nitrogens with zero attached hydrogens (tertiary/aromatic N) is 3. The molecule has 1 aliphatic heterocycles. The van der Waals surface area contributed by atoms with Crippen LogP contribution in [0.4, 0.5) is 5.69 Å². The molecule has 0 fully saturated rings. The number of aryl methyl sites for hydroxylation is 2. The van der Waals surface area contributed by atoms with Crippen molar-refractivity contribution in [1.29, 1.82) is 0 Å². The molecule has 0 spiro atoms. The highest BCUT2D eigenvalue weighted by molar-refractivity contribution is 7.71. The van der Waals surface area contributed by atoms with Gasteiger partial charge in [0.15, 0.2) is 10.6 Å². The lowest BCUT2D eigenvalue weighted by molar-refractivity contribution is -0.125. The highest BCUT2D eigenvalue weighted by Gasteiger charge is 2.22. The van der Waals surface area contributed by atoms with Crippen molar-refractivity contribution in [3.8, 4) is 11.4 Å². The van der Waals surface area contributed by atoms with E-state index in [-0.39, 0.29) is 24.8 Å². The number of anilines is 1. The lowest BCUT2D eigenvalue weighted by Gasteiger charge is -2.29. The van der Waals surface area contributed by atoms with Crippen LogP contribution in [0, 0.1) is 11.7 Å². The maximum Gasteiger partial charge on any atom is 0.246 e. The highest BCUT2D eigenvalue weighted by Crippen LogP contribution is 2.26. The van der Waals surface area contributed by atoms with Gasteiger partial charge in [-0.15, -0.1) is 0 Å². The van der Waals surface area contributed by atoms with Gasteiger partial charge in [-0.2, -0.15) is 5.10 Å². The van der Waals surface area contributed by atoms with Crippen molar-refractivity contribution >= 4 is 29.7 Å². The molecule has 1 aromatic heterocycles. The van der Waals surface area contributed by atoms with Gasteiger partial charge in [-0.1, -0.05) is 48.0 Å². The highest BCUT2D eigenvalue weighted by atomic mass is 32.1. The van der Waals surface area contributed by atoms with Gasteiger partial charge in [-0.05, 0) is 43.6 Å². The zero-order valence-corrected chi connectivity index (χ0v) is 18.2. The number of nitrogens with one attached hydrogen (secondary N) is 2. The number of hydrogen-bond donors (Lipinski definition) is 2. The first-order valence-electron chi connectivity index (χ1n) is 10.4. The minimum absolute atomic E-state index is 0.0191. The monoisotopic (exact) mass is 435 g/mol. The number of hydrogen-bond acceptors (Lipinski definition) is 4. The van der Waals surface area contributed by atoms with Crippen LogP contribution in [0.5, 0.6) is 0 Å². The summed E-state index contributed by atoms with van der Waals surface area (Å²) in [4.78, 5) is 26.9. The van der Waals surface area contributed by atoms with E-state index in [4.69, 9.17) is 12.2 Å². The van der Waals surface area contributed by atoms with Crippen molar-refractivity contribution in [1.82, 2.24) is 20.1 Å². The summed E-state index contributed by atoms with van der Waals surface area (Å²) in [7, 11) is 0. The molecule has 0 saturated heterocycles. The van der Waals surface area contributed by atoms with Crippen molar-refractivity contribution in [2.75, 3.05) is 18.0 Å². The van der Waals surface area contributed by atoms with Gasteiger partial charge in [0.25, 0.3) is 0 Å². The van der Waals surface area contributed by atoms with Gasteiger partial charge < -0.3 is 10.2 Å². The van der Waals surface area contributed by atoms with Crippen LogP contribution in [0.15, 0.2) is 48.5 Å². The Morgan fingerprint density at radius 1 is 1.16 bits per heavy atom. The predicted molar refractivity (Wildman–Crippen MR) is 122 cm³/mol. The van der Waals surface area contributed by atoms with E-state index in [2.05, 4.69) is 15.5 Å². The molecule has 31 heavy (non-hydrogen) atoms. The lowest BCUT2D eigenvalue weighted by atomic mass is 10.0. The summed E-state index contributed by atoms with van der Waals surface area (Å²) in [6.45, 7) is 3.06. The summed E-state index contributed by atoms with van der Waals surface area (Å²) in [6, 6.07) is 15.9. The molecular weight excluding hydrogens is 410 g/mol. The second kappa shape index (κ2) is 9.26. The molecule has 160 valence electrons. The maximum atomic E-state index is 12.7. The first-order chi connectivity index (χ1) is 15.0. The number of aromatic amines is 1. The summed E-state index contributed by atoms with van der Waals surface area (Å²) in [5.74, 6) is 0.399. The van der Waals surface area contributed by atoms with Crippen molar-refractivity contribution in [2.24, 2.45) is 0 Å². The van der Waals surface area contributed by atoms with E-state index in [1.54, 1.807) is 4.90 Å². The fourth-order valence-corrected chi connectivity index (χ4v) is 4.04. The second-order valence-corrected chi connectivity index (χ2v) is 8.06. The van der Waals surface area contributed by atoms with Gasteiger partial charge in [0.05, 0.1) is 6.54 Å². The molecule has 2 aromatic carbocycles. The number of rotatable bonds is 6. The molecule has 0 unspecified atom stereocenters. The summed E-state index contributed by atoms with van der Waals surface area (Å²) >= 11 is 5.33. The average molecular weight is 436 g/mol.